The quantitative estimate of drug-likeness (QED) is 0.517. The number of rotatable bonds is 6. The van der Waals surface area contributed by atoms with Gasteiger partial charge in [-0.1, -0.05) is 46.4 Å². The average molecular weight is 401 g/mol. The van der Waals surface area contributed by atoms with Crippen LogP contribution in [-0.2, 0) is 9.59 Å². The number of halogens is 6. The van der Waals surface area contributed by atoms with Crippen molar-refractivity contribution in [2.45, 2.75) is 0 Å². The third-order valence-electron chi connectivity index (χ3n) is 1.84. The van der Waals surface area contributed by atoms with Crippen LogP contribution in [0.5, 0.6) is 11.5 Å². The molecule has 0 saturated heterocycles. The maximum absolute atomic E-state index is 10.7. The molecule has 0 atom stereocenters. The molecular formula is C10H4Cl6O4. The van der Waals surface area contributed by atoms with Gasteiger partial charge in [-0.2, -0.15) is 0 Å². The van der Waals surface area contributed by atoms with Crippen LogP contribution in [-0.4, -0.2) is 23.7 Å². The van der Waals surface area contributed by atoms with E-state index >= 15 is 0 Å². The third kappa shape index (κ3) is 4.45. The van der Waals surface area contributed by atoms with Gasteiger partial charge in [0.25, 0.3) is 10.5 Å². The summed E-state index contributed by atoms with van der Waals surface area (Å²) in [4.78, 5) is 21.3. The Hall–Kier alpha value is -0.100. The largest absolute Gasteiger partial charge is 0.481 e. The summed E-state index contributed by atoms with van der Waals surface area (Å²) in [5, 5.41) is -2.10. The standard InChI is InChI=1S/C10H4Cl6O4/c11-3(17)1-19-9-5(13)7(15)10(8(16)6(9)14)20-2-4(12)18/h1-2H2. The van der Waals surface area contributed by atoms with E-state index in [2.05, 4.69) is 0 Å². The van der Waals surface area contributed by atoms with Gasteiger partial charge in [0.05, 0.1) is 0 Å². The molecule has 0 amide bonds. The summed E-state index contributed by atoms with van der Waals surface area (Å²) in [6, 6.07) is 0. The molecule has 10 heteroatoms. The number of ether oxygens (including phenoxy) is 2. The van der Waals surface area contributed by atoms with E-state index in [4.69, 9.17) is 79.1 Å². The fourth-order valence-electron chi connectivity index (χ4n) is 1.10. The summed E-state index contributed by atoms with van der Waals surface area (Å²) in [7, 11) is 0. The first-order chi connectivity index (χ1) is 9.25. The Morgan fingerprint density at radius 1 is 0.700 bits per heavy atom. The van der Waals surface area contributed by atoms with Crippen molar-refractivity contribution in [3.8, 4) is 11.5 Å². The summed E-state index contributed by atoms with van der Waals surface area (Å²) in [5.74, 6) is -0.247. The zero-order valence-corrected chi connectivity index (χ0v) is 13.9. The predicted molar refractivity (Wildman–Crippen MR) is 79.2 cm³/mol. The summed E-state index contributed by atoms with van der Waals surface area (Å²) in [6.45, 7) is -0.956. The zero-order chi connectivity index (χ0) is 15.4. The maximum Gasteiger partial charge on any atom is 0.259 e. The molecule has 0 bridgehead atoms. The van der Waals surface area contributed by atoms with Crippen molar-refractivity contribution in [2.24, 2.45) is 0 Å². The van der Waals surface area contributed by atoms with Crippen LogP contribution in [0.15, 0.2) is 0 Å². The highest BCUT2D eigenvalue weighted by Crippen LogP contribution is 2.50. The van der Waals surface area contributed by atoms with Crippen LogP contribution in [0, 0.1) is 0 Å². The van der Waals surface area contributed by atoms with Gasteiger partial charge in [0.1, 0.15) is 20.1 Å². The molecule has 0 aliphatic heterocycles. The van der Waals surface area contributed by atoms with Crippen LogP contribution in [0.1, 0.15) is 0 Å². The van der Waals surface area contributed by atoms with Gasteiger partial charge in [-0.25, -0.2) is 0 Å². The molecule has 110 valence electrons. The molecule has 0 unspecified atom stereocenters. The Morgan fingerprint density at radius 2 is 0.950 bits per heavy atom. The second kappa shape index (κ2) is 7.78. The molecule has 1 aromatic carbocycles. The first kappa shape index (κ1) is 18.0. The van der Waals surface area contributed by atoms with Crippen LogP contribution >= 0.6 is 69.6 Å². The molecule has 0 heterocycles. The van der Waals surface area contributed by atoms with Gasteiger partial charge in [-0.05, 0) is 23.2 Å². The smallest absolute Gasteiger partial charge is 0.259 e. The monoisotopic (exact) mass is 398 g/mol. The first-order valence-electron chi connectivity index (χ1n) is 4.73. The van der Waals surface area contributed by atoms with E-state index < -0.39 is 23.7 Å². The van der Waals surface area contributed by atoms with E-state index in [0.29, 0.717) is 0 Å². The highest BCUT2D eigenvalue weighted by Gasteiger charge is 2.23. The predicted octanol–water partition coefficient (Wildman–Crippen LogP) is 4.59. The lowest BCUT2D eigenvalue weighted by atomic mass is 10.3. The molecule has 0 aliphatic carbocycles. The molecule has 1 rings (SSSR count). The second-order valence-corrected chi connectivity index (χ2v) is 5.56. The Balaban J connectivity index is 3.19. The van der Waals surface area contributed by atoms with E-state index in [-0.39, 0.29) is 31.6 Å². The average Bonchev–Trinajstić information content (AvgIpc) is 2.35. The number of benzene rings is 1. The van der Waals surface area contributed by atoms with E-state index in [1.807, 2.05) is 0 Å². The van der Waals surface area contributed by atoms with Gasteiger partial charge in [-0.15, -0.1) is 0 Å². The van der Waals surface area contributed by atoms with Gasteiger partial charge in [0.2, 0.25) is 0 Å². The van der Waals surface area contributed by atoms with Gasteiger partial charge in [-0.3, -0.25) is 9.59 Å². The van der Waals surface area contributed by atoms with Crippen molar-refractivity contribution in [1.82, 2.24) is 0 Å². The number of carbonyl (C=O) groups excluding carboxylic acids is 2. The minimum Gasteiger partial charge on any atom is -0.481 e. The van der Waals surface area contributed by atoms with Crippen LogP contribution in [0.4, 0.5) is 0 Å². The Labute approximate surface area is 143 Å². The molecule has 0 aromatic heterocycles. The number of carbonyl (C=O) groups is 2. The highest BCUT2D eigenvalue weighted by molar-refractivity contribution is 6.64. The van der Waals surface area contributed by atoms with E-state index in [1.165, 1.54) is 0 Å². The highest BCUT2D eigenvalue weighted by atomic mass is 35.5. The van der Waals surface area contributed by atoms with Crippen molar-refractivity contribution >= 4 is 80.1 Å². The van der Waals surface area contributed by atoms with Gasteiger partial charge < -0.3 is 9.47 Å². The molecule has 4 nitrogen and oxygen atoms in total. The van der Waals surface area contributed by atoms with Crippen molar-refractivity contribution in [1.29, 1.82) is 0 Å². The van der Waals surface area contributed by atoms with Crippen molar-refractivity contribution in [3.05, 3.63) is 20.1 Å². The van der Waals surface area contributed by atoms with E-state index in [1.54, 1.807) is 0 Å². The SMILES string of the molecule is O=C(Cl)COc1c(Cl)c(Cl)c(OCC(=O)Cl)c(Cl)c1Cl. The van der Waals surface area contributed by atoms with Crippen LogP contribution in [0.2, 0.25) is 20.1 Å². The topological polar surface area (TPSA) is 52.6 Å². The van der Waals surface area contributed by atoms with Gasteiger partial charge in [0.15, 0.2) is 24.7 Å². The van der Waals surface area contributed by atoms with Gasteiger partial charge in [0, 0.05) is 0 Å². The zero-order valence-electron chi connectivity index (χ0n) is 9.31. The van der Waals surface area contributed by atoms with Crippen LogP contribution in [0.25, 0.3) is 0 Å². The molecule has 0 fully saturated rings. The number of hydrogen-bond donors (Lipinski definition) is 0. The molecule has 0 N–H and O–H groups in total. The van der Waals surface area contributed by atoms with Crippen LogP contribution in [0.3, 0.4) is 0 Å². The Kier molecular flexibility index (Phi) is 6.98. The third-order valence-corrected chi connectivity index (χ3v) is 3.70. The molecule has 0 aliphatic rings. The van der Waals surface area contributed by atoms with E-state index in [9.17, 15) is 9.59 Å². The molecule has 1 aromatic rings. The molecule has 0 saturated carbocycles. The first-order valence-corrected chi connectivity index (χ1v) is 7.00. The van der Waals surface area contributed by atoms with Crippen molar-refractivity contribution < 1.29 is 19.1 Å². The molecule has 0 spiro atoms. The lowest BCUT2D eigenvalue weighted by Gasteiger charge is -2.15. The molecule has 20 heavy (non-hydrogen) atoms. The Bertz CT molecular complexity index is 481. The summed E-state index contributed by atoms with van der Waals surface area (Å²) in [5.41, 5.74) is 0. The van der Waals surface area contributed by atoms with Crippen molar-refractivity contribution in [2.75, 3.05) is 13.2 Å². The fraction of sp³-hybridized carbons (Fsp3) is 0.200. The summed E-state index contributed by atoms with van der Waals surface area (Å²) >= 11 is 34.0. The van der Waals surface area contributed by atoms with E-state index in [0.717, 1.165) is 0 Å². The maximum atomic E-state index is 10.7. The molecular weight excluding hydrogens is 397 g/mol. The lowest BCUT2D eigenvalue weighted by Crippen LogP contribution is -2.08. The minimum absolute atomic E-state index is 0.123. The summed E-state index contributed by atoms with van der Waals surface area (Å²) in [6.07, 6.45) is 0. The van der Waals surface area contributed by atoms with Crippen molar-refractivity contribution in [3.63, 3.8) is 0 Å². The lowest BCUT2D eigenvalue weighted by molar-refractivity contribution is -0.114. The Morgan fingerprint density at radius 3 is 1.15 bits per heavy atom. The fourth-order valence-corrected chi connectivity index (χ4v) is 2.25. The van der Waals surface area contributed by atoms with Crippen LogP contribution < -0.4 is 9.47 Å². The summed E-state index contributed by atoms with van der Waals surface area (Å²) < 4.78 is 10.0. The van der Waals surface area contributed by atoms with Gasteiger partial charge >= 0.3 is 0 Å². The second-order valence-electron chi connectivity index (χ2n) is 3.20. The number of hydrogen-bond acceptors (Lipinski definition) is 4. The molecule has 0 radical (unpaired) electrons. The normalized spacial score (nSPS) is 10.3. The minimum atomic E-state index is -0.766.